The molecule has 0 aliphatic rings. The molecule has 3 aromatic rings. The van der Waals surface area contributed by atoms with Crippen LogP contribution < -0.4 is 10.1 Å². The minimum atomic E-state index is -0.311. The Morgan fingerprint density at radius 2 is 2.09 bits per heavy atom. The smallest absolute Gasteiger partial charge is 0.236 e. The number of fused-ring (bicyclic) bond motifs is 1. The van der Waals surface area contributed by atoms with E-state index in [1.165, 1.54) is 35.2 Å². The Bertz CT molecular complexity index is 834. The molecule has 3 rings (SSSR count). The van der Waals surface area contributed by atoms with E-state index in [0.29, 0.717) is 15.3 Å². The average Bonchev–Trinajstić information content (AvgIpc) is 2.94. The molecule has 0 saturated heterocycles. The van der Waals surface area contributed by atoms with Gasteiger partial charge in [0, 0.05) is 4.90 Å². The van der Waals surface area contributed by atoms with Crippen LogP contribution in [0.2, 0.25) is 0 Å². The maximum atomic E-state index is 13.2. The second-order valence-corrected chi connectivity index (χ2v) is 6.72. The predicted molar refractivity (Wildman–Crippen MR) is 91.9 cm³/mol. The summed E-state index contributed by atoms with van der Waals surface area (Å²) in [5.41, 5.74) is 0.675. The molecule has 0 spiro atoms. The lowest BCUT2D eigenvalue weighted by Crippen LogP contribution is -2.13. The molecule has 7 heteroatoms. The van der Waals surface area contributed by atoms with Crippen LogP contribution in [0.25, 0.3) is 10.2 Å². The minimum absolute atomic E-state index is 0.148. The minimum Gasteiger partial charge on any atom is -0.497 e. The van der Waals surface area contributed by atoms with Crippen LogP contribution in [0, 0.1) is 5.82 Å². The maximum absolute atomic E-state index is 13.2. The molecule has 0 fully saturated rings. The van der Waals surface area contributed by atoms with Crippen LogP contribution in [-0.4, -0.2) is 23.8 Å². The van der Waals surface area contributed by atoms with Gasteiger partial charge in [-0.15, -0.1) is 11.8 Å². The van der Waals surface area contributed by atoms with Crippen LogP contribution in [0.1, 0.15) is 0 Å². The molecule has 118 valence electrons. The summed E-state index contributed by atoms with van der Waals surface area (Å²) in [6.45, 7) is 0. The largest absolute Gasteiger partial charge is 0.497 e. The first-order valence-electron chi connectivity index (χ1n) is 6.77. The lowest BCUT2D eigenvalue weighted by atomic mass is 10.3. The topological polar surface area (TPSA) is 51.2 Å². The number of aromatic nitrogens is 1. The highest BCUT2D eigenvalue weighted by atomic mass is 32.2. The Morgan fingerprint density at radius 1 is 1.30 bits per heavy atom. The van der Waals surface area contributed by atoms with Crippen molar-refractivity contribution in [2.45, 2.75) is 4.90 Å². The van der Waals surface area contributed by atoms with Crippen molar-refractivity contribution in [3.63, 3.8) is 0 Å². The first-order chi connectivity index (χ1) is 11.1. The fourth-order valence-corrected chi connectivity index (χ4v) is 3.53. The van der Waals surface area contributed by atoms with Crippen LogP contribution in [0.4, 0.5) is 9.52 Å². The van der Waals surface area contributed by atoms with Gasteiger partial charge in [-0.3, -0.25) is 4.79 Å². The molecule has 2 aromatic carbocycles. The first kappa shape index (κ1) is 15.8. The molecule has 1 heterocycles. The van der Waals surface area contributed by atoms with Gasteiger partial charge in [-0.05, 0) is 42.5 Å². The monoisotopic (exact) mass is 348 g/mol. The summed E-state index contributed by atoms with van der Waals surface area (Å²) in [7, 11) is 1.61. The molecule has 1 aromatic heterocycles. The lowest BCUT2D eigenvalue weighted by molar-refractivity contribution is -0.113. The van der Waals surface area contributed by atoms with Crippen molar-refractivity contribution in [3.05, 3.63) is 48.3 Å². The number of carbonyl (C=O) groups excluding carboxylic acids is 1. The van der Waals surface area contributed by atoms with Gasteiger partial charge in [0.1, 0.15) is 11.6 Å². The van der Waals surface area contributed by atoms with Crippen molar-refractivity contribution in [1.29, 1.82) is 0 Å². The van der Waals surface area contributed by atoms with E-state index in [-0.39, 0.29) is 17.5 Å². The highest BCUT2D eigenvalue weighted by Crippen LogP contribution is 2.27. The average molecular weight is 348 g/mol. The molecule has 4 nitrogen and oxygen atoms in total. The van der Waals surface area contributed by atoms with Crippen molar-refractivity contribution < 1.29 is 13.9 Å². The van der Waals surface area contributed by atoms with Gasteiger partial charge >= 0.3 is 0 Å². The number of thioether (sulfide) groups is 1. The molecule has 0 aliphatic heterocycles. The van der Waals surface area contributed by atoms with Gasteiger partial charge in [0.05, 0.1) is 23.1 Å². The number of methoxy groups -OCH3 is 1. The summed E-state index contributed by atoms with van der Waals surface area (Å²) in [6, 6.07) is 11.9. The van der Waals surface area contributed by atoms with Crippen LogP contribution in [-0.2, 0) is 4.79 Å². The second kappa shape index (κ2) is 6.97. The van der Waals surface area contributed by atoms with E-state index in [4.69, 9.17) is 4.74 Å². The third-order valence-corrected chi connectivity index (χ3v) is 4.97. The van der Waals surface area contributed by atoms with E-state index in [1.54, 1.807) is 13.2 Å². The second-order valence-electron chi connectivity index (χ2n) is 4.64. The fraction of sp³-hybridized carbons (Fsp3) is 0.125. The van der Waals surface area contributed by atoms with Crippen LogP contribution in [0.3, 0.4) is 0 Å². The fourth-order valence-electron chi connectivity index (χ4n) is 1.93. The van der Waals surface area contributed by atoms with Gasteiger partial charge in [-0.1, -0.05) is 11.3 Å². The first-order valence-corrected chi connectivity index (χ1v) is 8.57. The Hall–Kier alpha value is -2.12. The Morgan fingerprint density at radius 3 is 2.83 bits per heavy atom. The molecule has 0 aliphatic carbocycles. The number of hydrogen-bond acceptors (Lipinski definition) is 5. The summed E-state index contributed by atoms with van der Waals surface area (Å²) in [4.78, 5) is 17.2. The van der Waals surface area contributed by atoms with Crippen LogP contribution in [0.15, 0.2) is 47.4 Å². The van der Waals surface area contributed by atoms with Crippen molar-refractivity contribution in [1.82, 2.24) is 4.98 Å². The van der Waals surface area contributed by atoms with Gasteiger partial charge in [0.2, 0.25) is 5.91 Å². The van der Waals surface area contributed by atoms with Crippen LogP contribution >= 0.6 is 23.1 Å². The molecule has 1 N–H and O–H groups in total. The number of halogens is 1. The summed E-state index contributed by atoms with van der Waals surface area (Å²) in [5, 5.41) is 3.22. The Kier molecular flexibility index (Phi) is 4.78. The summed E-state index contributed by atoms with van der Waals surface area (Å²) < 4.78 is 19.0. The zero-order valence-corrected chi connectivity index (χ0v) is 13.8. The zero-order chi connectivity index (χ0) is 16.2. The Balaban J connectivity index is 1.59. The number of nitrogens with zero attached hydrogens (tertiary/aromatic N) is 1. The lowest BCUT2D eigenvalue weighted by Gasteiger charge is -2.03. The van der Waals surface area contributed by atoms with Gasteiger partial charge in [-0.2, -0.15) is 0 Å². The number of amides is 1. The van der Waals surface area contributed by atoms with Crippen LogP contribution in [0.5, 0.6) is 5.75 Å². The third-order valence-electron chi connectivity index (χ3n) is 3.03. The standard InChI is InChI=1S/C16H13FN2O2S2/c1-21-11-3-5-12(6-4-11)22-9-15(20)19-16-18-13-7-2-10(17)8-14(13)23-16/h2-8H,9H2,1H3,(H,18,19,20). The van der Waals surface area contributed by atoms with Crippen molar-refractivity contribution in [2.75, 3.05) is 18.2 Å². The number of benzene rings is 2. The molecule has 0 bridgehead atoms. The van der Waals surface area contributed by atoms with Gasteiger partial charge in [0.15, 0.2) is 5.13 Å². The van der Waals surface area contributed by atoms with Gasteiger partial charge in [0.25, 0.3) is 0 Å². The molecule has 0 unspecified atom stereocenters. The normalized spacial score (nSPS) is 10.7. The highest BCUT2D eigenvalue weighted by molar-refractivity contribution is 8.00. The Labute approximate surface area is 140 Å². The van der Waals surface area contributed by atoms with Crippen molar-refractivity contribution in [3.8, 4) is 5.75 Å². The number of hydrogen-bond donors (Lipinski definition) is 1. The molecule has 23 heavy (non-hydrogen) atoms. The molecule has 1 amide bonds. The predicted octanol–water partition coefficient (Wildman–Crippen LogP) is 4.17. The van der Waals surface area contributed by atoms with E-state index < -0.39 is 0 Å². The summed E-state index contributed by atoms with van der Waals surface area (Å²) >= 11 is 2.68. The summed E-state index contributed by atoms with van der Waals surface area (Å²) in [6.07, 6.45) is 0. The number of carbonyl (C=O) groups is 1. The quantitative estimate of drug-likeness (QED) is 0.703. The van der Waals surface area contributed by atoms with E-state index in [2.05, 4.69) is 10.3 Å². The van der Waals surface area contributed by atoms with E-state index >= 15 is 0 Å². The molecular weight excluding hydrogens is 335 g/mol. The molecule has 0 atom stereocenters. The van der Waals surface area contributed by atoms with Gasteiger partial charge < -0.3 is 10.1 Å². The number of rotatable bonds is 5. The zero-order valence-electron chi connectivity index (χ0n) is 12.2. The molecular formula is C16H13FN2O2S2. The number of ether oxygens (including phenoxy) is 1. The highest BCUT2D eigenvalue weighted by Gasteiger charge is 2.09. The van der Waals surface area contributed by atoms with E-state index in [9.17, 15) is 9.18 Å². The molecule has 0 saturated carbocycles. The maximum Gasteiger partial charge on any atom is 0.236 e. The van der Waals surface area contributed by atoms with E-state index in [1.807, 2.05) is 24.3 Å². The van der Waals surface area contributed by atoms with Gasteiger partial charge in [-0.25, -0.2) is 9.37 Å². The van der Waals surface area contributed by atoms with Crippen molar-refractivity contribution in [2.24, 2.45) is 0 Å². The number of nitrogens with one attached hydrogen (secondary N) is 1. The SMILES string of the molecule is COc1ccc(SCC(=O)Nc2nc3ccc(F)cc3s2)cc1. The van der Waals surface area contributed by atoms with E-state index in [0.717, 1.165) is 10.6 Å². The van der Waals surface area contributed by atoms with Crippen molar-refractivity contribution >= 4 is 44.4 Å². The third kappa shape index (κ3) is 4.00. The number of anilines is 1. The molecule has 0 radical (unpaired) electrons. The summed E-state index contributed by atoms with van der Waals surface area (Å²) in [5.74, 6) is 0.594. The number of thiazole rings is 1.